The summed E-state index contributed by atoms with van der Waals surface area (Å²) in [5, 5.41) is 9.64. The van der Waals surface area contributed by atoms with Gasteiger partial charge in [0, 0.05) is 5.02 Å². The van der Waals surface area contributed by atoms with Gasteiger partial charge in [0.15, 0.2) is 0 Å². The van der Waals surface area contributed by atoms with E-state index >= 15 is 0 Å². The SMILES string of the molecule is OC[C@@H](Br)[C@@H](Br)c1ccc(Cl)cc1. The van der Waals surface area contributed by atoms with Crippen molar-refractivity contribution in [2.45, 2.75) is 9.65 Å². The minimum absolute atomic E-state index is 0.0219. The lowest BCUT2D eigenvalue weighted by Crippen LogP contribution is -2.10. The van der Waals surface area contributed by atoms with Gasteiger partial charge in [-0.25, -0.2) is 0 Å². The number of aliphatic hydroxyl groups is 1. The van der Waals surface area contributed by atoms with Crippen molar-refractivity contribution < 1.29 is 5.11 Å². The van der Waals surface area contributed by atoms with Crippen molar-refractivity contribution in [1.29, 1.82) is 0 Å². The number of aliphatic hydroxyl groups excluding tert-OH is 1. The van der Waals surface area contributed by atoms with Crippen LogP contribution in [-0.2, 0) is 0 Å². The van der Waals surface area contributed by atoms with Crippen LogP contribution in [0.3, 0.4) is 0 Å². The predicted molar refractivity (Wildman–Crippen MR) is 62.9 cm³/mol. The molecule has 0 aromatic heterocycles. The highest BCUT2D eigenvalue weighted by atomic mass is 79.9. The summed E-state index contributed by atoms with van der Waals surface area (Å²) in [6, 6.07) is 7.54. The fourth-order valence-electron chi connectivity index (χ4n) is 0.948. The zero-order chi connectivity index (χ0) is 9.84. The largest absolute Gasteiger partial charge is 0.395 e. The summed E-state index contributed by atoms with van der Waals surface area (Å²) < 4.78 is 0. The van der Waals surface area contributed by atoms with Crippen LogP contribution >= 0.6 is 43.5 Å². The second-order valence-corrected chi connectivity index (χ2v) is 5.25. The van der Waals surface area contributed by atoms with Crippen LogP contribution in [-0.4, -0.2) is 16.5 Å². The molecule has 0 bridgehead atoms. The molecule has 0 heterocycles. The zero-order valence-corrected chi connectivity index (χ0v) is 10.7. The fourth-order valence-corrected chi connectivity index (χ4v) is 1.85. The molecule has 1 aromatic rings. The molecule has 0 unspecified atom stereocenters. The predicted octanol–water partition coefficient (Wildman–Crippen LogP) is 3.53. The van der Waals surface area contributed by atoms with E-state index in [0.717, 1.165) is 10.6 Å². The number of halogens is 3. The van der Waals surface area contributed by atoms with Gasteiger partial charge in [-0.3, -0.25) is 0 Å². The molecule has 0 aliphatic heterocycles. The Morgan fingerprint density at radius 3 is 2.23 bits per heavy atom. The van der Waals surface area contributed by atoms with Crippen LogP contribution < -0.4 is 0 Å². The molecule has 4 heteroatoms. The molecule has 0 amide bonds. The lowest BCUT2D eigenvalue weighted by Gasteiger charge is -2.14. The molecule has 2 atom stereocenters. The number of alkyl halides is 2. The third kappa shape index (κ3) is 3.24. The first kappa shape index (κ1) is 11.5. The van der Waals surface area contributed by atoms with Crippen LogP contribution in [0.15, 0.2) is 24.3 Å². The Morgan fingerprint density at radius 2 is 1.77 bits per heavy atom. The first-order valence-electron chi connectivity index (χ1n) is 3.79. The Morgan fingerprint density at radius 1 is 1.23 bits per heavy atom. The molecule has 0 radical (unpaired) electrons. The van der Waals surface area contributed by atoms with Crippen LogP contribution in [0.1, 0.15) is 10.4 Å². The summed E-state index contributed by atoms with van der Waals surface area (Å²) in [5.74, 6) is 0. The maximum Gasteiger partial charge on any atom is 0.0570 e. The highest BCUT2D eigenvalue weighted by Crippen LogP contribution is 2.31. The van der Waals surface area contributed by atoms with E-state index in [0.29, 0.717) is 0 Å². The molecule has 0 aliphatic carbocycles. The Labute approximate surface area is 99.4 Å². The molecular weight excluding hydrogens is 319 g/mol. The van der Waals surface area contributed by atoms with Gasteiger partial charge in [0.05, 0.1) is 16.3 Å². The van der Waals surface area contributed by atoms with Crippen LogP contribution in [0.5, 0.6) is 0 Å². The van der Waals surface area contributed by atoms with E-state index < -0.39 is 0 Å². The minimum atomic E-state index is 0.0219. The van der Waals surface area contributed by atoms with Gasteiger partial charge in [-0.15, -0.1) is 0 Å². The maximum atomic E-state index is 8.92. The second kappa shape index (κ2) is 5.35. The first-order valence-corrected chi connectivity index (χ1v) is 6.00. The van der Waals surface area contributed by atoms with E-state index in [-0.39, 0.29) is 16.3 Å². The Bertz CT molecular complexity index is 263. The highest BCUT2D eigenvalue weighted by molar-refractivity contribution is 9.12. The Hall–Kier alpha value is 0.430. The average molecular weight is 328 g/mol. The van der Waals surface area contributed by atoms with Gasteiger partial charge in [0.2, 0.25) is 0 Å². The summed E-state index contributed by atoms with van der Waals surface area (Å²) in [6.07, 6.45) is 0. The monoisotopic (exact) mass is 326 g/mol. The van der Waals surface area contributed by atoms with Crippen molar-refractivity contribution in [3.05, 3.63) is 34.9 Å². The van der Waals surface area contributed by atoms with Crippen molar-refractivity contribution in [2.24, 2.45) is 0 Å². The van der Waals surface area contributed by atoms with Gasteiger partial charge >= 0.3 is 0 Å². The standard InChI is InChI=1S/C9H9Br2ClO/c10-8(5-13)9(11)6-1-3-7(12)4-2-6/h1-4,8-9,13H,5H2/t8-,9+/m1/s1. The summed E-state index contributed by atoms with van der Waals surface area (Å²) in [6.45, 7) is 0.0958. The fraction of sp³-hybridized carbons (Fsp3) is 0.333. The molecule has 0 fully saturated rings. The van der Waals surface area contributed by atoms with Crippen LogP contribution in [0, 0.1) is 0 Å². The van der Waals surface area contributed by atoms with Crippen molar-refractivity contribution >= 4 is 43.5 Å². The number of hydrogen-bond donors (Lipinski definition) is 1. The summed E-state index contributed by atoms with van der Waals surface area (Å²) in [7, 11) is 0. The Balaban J connectivity index is 2.77. The van der Waals surface area contributed by atoms with Crippen molar-refractivity contribution in [1.82, 2.24) is 0 Å². The number of benzene rings is 1. The third-order valence-electron chi connectivity index (χ3n) is 1.68. The van der Waals surface area contributed by atoms with Crippen LogP contribution in [0.2, 0.25) is 5.02 Å². The molecule has 0 saturated carbocycles. The van der Waals surface area contributed by atoms with Crippen LogP contribution in [0.4, 0.5) is 0 Å². The number of rotatable bonds is 3. The van der Waals surface area contributed by atoms with Crippen LogP contribution in [0.25, 0.3) is 0 Å². The lowest BCUT2D eigenvalue weighted by molar-refractivity contribution is 0.296. The molecule has 13 heavy (non-hydrogen) atoms. The second-order valence-electron chi connectivity index (χ2n) is 2.65. The quantitative estimate of drug-likeness (QED) is 0.842. The first-order chi connectivity index (χ1) is 6.15. The maximum absolute atomic E-state index is 8.92. The van der Waals surface area contributed by atoms with Crippen molar-refractivity contribution in [3.63, 3.8) is 0 Å². The molecule has 1 rings (SSSR count). The van der Waals surface area contributed by atoms with Gasteiger partial charge in [0.1, 0.15) is 0 Å². The topological polar surface area (TPSA) is 20.2 Å². The van der Waals surface area contributed by atoms with Gasteiger partial charge in [-0.05, 0) is 17.7 Å². The normalized spacial score (nSPS) is 15.4. The summed E-state index contributed by atoms with van der Waals surface area (Å²) in [5.41, 5.74) is 1.10. The zero-order valence-electron chi connectivity index (χ0n) is 6.75. The molecule has 72 valence electrons. The van der Waals surface area contributed by atoms with Gasteiger partial charge in [-0.1, -0.05) is 55.6 Å². The van der Waals surface area contributed by atoms with Gasteiger partial charge < -0.3 is 5.11 Å². The smallest absolute Gasteiger partial charge is 0.0570 e. The van der Waals surface area contributed by atoms with Crippen molar-refractivity contribution in [3.8, 4) is 0 Å². The van der Waals surface area contributed by atoms with E-state index in [9.17, 15) is 0 Å². The van der Waals surface area contributed by atoms with Gasteiger partial charge in [0.25, 0.3) is 0 Å². The lowest BCUT2D eigenvalue weighted by atomic mass is 10.1. The highest BCUT2D eigenvalue weighted by Gasteiger charge is 2.16. The van der Waals surface area contributed by atoms with Crippen molar-refractivity contribution in [2.75, 3.05) is 6.61 Å². The van der Waals surface area contributed by atoms with E-state index in [1.807, 2.05) is 24.3 Å². The molecule has 1 aromatic carbocycles. The molecule has 1 N–H and O–H groups in total. The molecule has 0 spiro atoms. The minimum Gasteiger partial charge on any atom is -0.395 e. The van der Waals surface area contributed by atoms with E-state index in [1.54, 1.807) is 0 Å². The summed E-state index contributed by atoms with van der Waals surface area (Å²) >= 11 is 12.6. The van der Waals surface area contributed by atoms with E-state index in [4.69, 9.17) is 16.7 Å². The molecule has 0 aliphatic rings. The van der Waals surface area contributed by atoms with E-state index in [1.165, 1.54) is 0 Å². The third-order valence-corrected chi connectivity index (χ3v) is 4.63. The van der Waals surface area contributed by atoms with E-state index in [2.05, 4.69) is 31.9 Å². The molecule has 1 nitrogen and oxygen atoms in total. The average Bonchev–Trinajstić information content (AvgIpc) is 2.17. The number of hydrogen-bond acceptors (Lipinski definition) is 1. The molecular formula is C9H9Br2ClO. The Kier molecular flexibility index (Phi) is 4.73. The van der Waals surface area contributed by atoms with Gasteiger partial charge in [-0.2, -0.15) is 0 Å². The molecule has 0 saturated heterocycles. The summed E-state index contributed by atoms with van der Waals surface area (Å²) in [4.78, 5) is 0.128.